The molecule has 1 saturated heterocycles. The normalized spacial score (nSPS) is 23.9. The van der Waals surface area contributed by atoms with Crippen LogP contribution in [0.5, 0.6) is 0 Å². The van der Waals surface area contributed by atoms with E-state index in [4.69, 9.17) is 4.74 Å². The van der Waals surface area contributed by atoms with Crippen molar-refractivity contribution in [2.45, 2.75) is 50.6 Å². The molecule has 3 rings (SSSR count). The van der Waals surface area contributed by atoms with Gasteiger partial charge in [-0.1, -0.05) is 39.0 Å². The quantitative estimate of drug-likeness (QED) is 0.519. The third-order valence-electron chi connectivity index (χ3n) is 5.57. The summed E-state index contributed by atoms with van der Waals surface area (Å²) < 4.78 is 31.3. The number of amides is 1. The van der Waals surface area contributed by atoms with Crippen molar-refractivity contribution in [3.05, 3.63) is 58.6 Å². The first-order chi connectivity index (χ1) is 15.6. The highest BCUT2D eigenvalue weighted by Crippen LogP contribution is 2.42. The second kappa shape index (κ2) is 9.02. The molecule has 1 aromatic carbocycles. The number of benzene rings is 1. The van der Waals surface area contributed by atoms with E-state index in [2.05, 4.69) is 10.3 Å². The Kier molecular flexibility index (Phi) is 6.82. The van der Waals surface area contributed by atoms with Gasteiger partial charge < -0.3 is 20.3 Å². The smallest absolute Gasteiger partial charge is 0.351 e. The summed E-state index contributed by atoms with van der Waals surface area (Å²) in [5.74, 6) is -1.27. The molecule has 0 saturated carbocycles. The number of aromatic nitrogens is 2. The van der Waals surface area contributed by atoms with Crippen LogP contribution in [0.2, 0.25) is 0 Å². The summed E-state index contributed by atoms with van der Waals surface area (Å²) in [7, 11) is -4.26. The first-order valence-corrected chi connectivity index (χ1v) is 12.3. The SMILES string of the molecule is CC(C)(C)C(=O)C(O)[C@H]1O[C@@H](n2ccc(NC(=O)c3ccccc3)nc2=O)C[C@@]1(O)S(C)(=O)=O. The van der Waals surface area contributed by atoms with Crippen LogP contribution in [-0.2, 0) is 19.4 Å². The molecule has 1 unspecified atom stereocenters. The van der Waals surface area contributed by atoms with E-state index < -0.39 is 62.4 Å². The van der Waals surface area contributed by atoms with Crippen LogP contribution in [0.1, 0.15) is 43.8 Å². The number of rotatable bonds is 6. The summed E-state index contributed by atoms with van der Waals surface area (Å²) in [6.07, 6.45) is -3.79. The van der Waals surface area contributed by atoms with Gasteiger partial charge in [-0.2, -0.15) is 4.98 Å². The van der Waals surface area contributed by atoms with Gasteiger partial charge in [0.2, 0.25) is 0 Å². The van der Waals surface area contributed by atoms with Crippen LogP contribution in [0.3, 0.4) is 0 Å². The van der Waals surface area contributed by atoms with Crippen LogP contribution < -0.4 is 11.0 Å². The lowest BCUT2D eigenvalue weighted by Gasteiger charge is -2.31. The molecule has 0 aliphatic carbocycles. The second-order valence-electron chi connectivity index (χ2n) is 9.21. The molecular formula is C22H27N3O8S. The van der Waals surface area contributed by atoms with Crippen LogP contribution in [0.4, 0.5) is 5.82 Å². The van der Waals surface area contributed by atoms with Crippen molar-refractivity contribution in [2.75, 3.05) is 11.6 Å². The number of ether oxygens (including phenoxy) is 1. The number of aliphatic hydroxyl groups is 2. The molecule has 0 radical (unpaired) electrons. The van der Waals surface area contributed by atoms with Crippen molar-refractivity contribution < 1.29 is 33.0 Å². The minimum atomic E-state index is -4.26. The molecular weight excluding hydrogens is 466 g/mol. The second-order valence-corrected chi connectivity index (χ2v) is 11.5. The molecule has 184 valence electrons. The molecule has 1 aliphatic rings. The zero-order valence-electron chi connectivity index (χ0n) is 19.1. The number of aliphatic hydroxyl groups excluding tert-OH is 1. The van der Waals surface area contributed by atoms with Crippen molar-refractivity contribution in [1.82, 2.24) is 9.55 Å². The van der Waals surface area contributed by atoms with Gasteiger partial charge in [0, 0.05) is 29.9 Å². The number of hydrogen-bond donors (Lipinski definition) is 3. The molecule has 11 nitrogen and oxygen atoms in total. The zero-order chi connectivity index (χ0) is 25.5. The van der Waals surface area contributed by atoms with Gasteiger partial charge in [0.1, 0.15) is 24.3 Å². The lowest BCUT2D eigenvalue weighted by atomic mass is 9.85. The minimum absolute atomic E-state index is 0.0500. The molecule has 1 amide bonds. The Morgan fingerprint density at radius 2 is 1.85 bits per heavy atom. The fourth-order valence-corrected chi connectivity index (χ4v) is 4.65. The fraction of sp³-hybridized carbons (Fsp3) is 0.455. The lowest BCUT2D eigenvalue weighted by molar-refractivity contribution is -0.150. The standard InChI is InChI=1S/C22H27N3O8S/c1-21(2,3)17(27)16(26)18-22(30,34(4,31)32)12-15(33-18)25-11-10-14(24-20(25)29)23-19(28)13-8-6-5-7-9-13/h5-11,15-16,18,26,30H,12H2,1-4H3,(H,23,24,28,29)/t15-,16?,18-,22-/m1/s1. The number of ketones is 1. The van der Waals surface area contributed by atoms with Crippen LogP contribution >= 0.6 is 0 Å². The monoisotopic (exact) mass is 493 g/mol. The van der Waals surface area contributed by atoms with Gasteiger partial charge >= 0.3 is 5.69 Å². The maximum absolute atomic E-state index is 12.6. The van der Waals surface area contributed by atoms with E-state index in [1.54, 1.807) is 30.3 Å². The first kappa shape index (κ1) is 25.7. The molecule has 2 aromatic rings. The Hall–Kier alpha value is -2.93. The summed E-state index contributed by atoms with van der Waals surface area (Å²) in [6.45, 7) is 4.59. The van der Waals surface area contributed by atoms with E-state index in [9.17, 15) is 33.0 Å². The maximum Gasteiger partial charge on any atom is 0.351 e. The van der Waals surface area contributed by atoms with Gasteiger partial charge in [0.05, 0.1) is 0 Å². The zero-order valence-corrected chi connectivity index (χ0v) is 19.9. The molecule has 34 heavy (non-hydrogen) atoms. The molecule has 0 bridgehead atoms. The van der Waals surface area contributed by atoms with Crippen LogP contribution in [-0.4, -0.2) is 63.3 Å². The summed E-state index contributed by atoms with van der Waals surface area (Å²) in [5, 5.41) is 24.0. The number of nitrogens with one attached hydrogen (secondary N) is 1. The van der Waals surface area contributed by atoms with E-state index in [1.807, 2.05) is 0 Å². The van der Waals surface area contributed by atoms with Crippen LogP contribution in [0, 0.1) is 5.41 Å². The molecule has 12 heteroatoms. The Morgan fingerprint density at radius 1 is 1.24 bits per heavy atom. The van der Waals surface area contributed by atoms with Gasteiger partial charge in [-0.3, -0.25) is 14.2 Å². The molecule has 1 aliphatic heterocycles. The summed E-state index contributed by atoms with van der Waals surface area (Å²) in [4.78, 5) is 38.6. The molecule has 4 atom stereocenters. The summed E-state index contributed by atoms with van der Waals surface area (Å²) in [6, 6.07) is 9.56. The summed E-state index contributed by atoms with van der Waals surface area (Å²) in [5.41, 5.74) is -1.59. The Balaban J connectivity index is 1.89. The highest BCUT2D eigenvalue weighted by Gasteiger charge is 2.59. The summed E-state index contributed by atoms with van der Waals surface area (Å²) >= 11 is 0. The minimum Gasteiger partial charge on any atom is -0.382 e. The predicted molar refractivity (Wildman–Crippen MR) is 122 cm³/mol. The molecule has 1 aromatic heterocycles. The van der Waals surface area contributed by atoms with Crippen molar-refractivity contribution in [3.8, 4) is 0 Å². The van der Waals surface area contributed by atoms with Crippen molar-refractivity contribution in [1.29, 1.82) is 0 Å². The van der Waals surface area contributed by atoms with Crippen LogP contribution in [0.25, 0.3) is 0 Å². The van der Waals surface area contributed by atoms with E-state index >= 15 is 0 Å². The van der Waals surface area contributed by atoms with Gasteiger partial charge in [-0.15, -0.1) is 0 Å². The predicted octanol–water partition coefficient (Wildman–Crippen LogP) is 0.492. The van der Waals surface area contributed by atoms with Gasteiger partial charge in [-0.25, -0.2) is 13.2 Å². The average molecular weight is 494 g/mol. The number of hydrogen-bond acceptors (Lipinski definition) is 9. The maximum atomic E-state index is 12.6. The van der Waals surface area contributed by atoms with E-state index in [-0.39, 0.29) is 5.82 Å². The number of sulfone groups is 1. The Morgan fingerprint density at radius 3 is 2.38 bits per heavy atom. The van der Waals surface area contributed by atoms with E-state index in [0.29, 0.717) is 5.56 Å². The third kappa shape index (κ3) is 4.94. The molecule has 0 spiro atoms. The van der Waals surface area contributed by atoms with Gasteiger partial charge in [0.25, 0.3) is 5.91 Å². The van der Waals surface area contributed by atoms with Gasteiger partial charge in [0.15, 0.2) is 20.6 Å². The fourth-order valence-electron chi connectivity index (χ4n) is 3.60. The lowest BCUT2D eigenvalue weighted by Crippen LogP contribution is -2.55. The van der Waals surface area contributed by atoms with Crippen molar-refractivity contribution in [3.63, 3.8) is 0 Å². The van der Waals surface area contributed by atoms with Crippen molar-refractivity contribution >= 4 is 27.3 Å². The number of nitrogens with zero attached hydrogens (tertiary/aromatic N) is 2. The first-order valence-electron chi connectivity index (χ1n) is 10.4. The van der Waals surface area contributed by atoms with Crippen molar-refractivity contribution in [2.24, 2.45) is 5.41 Å². The third-order valence-corrected chi connectivity index (χ3v) is 7.25. The average Bonchev–Trinajstić information content (AvgIpc) is 3.11. The van der Waals surface area contributed by atoms with E-state index in [0.717, 1.165) is 10.8 Å². The number of carbonyl (C=O) groups excluding carboxylic acids is 2. The van der Waals surface area contributed by atoms with Gasteiger partial charge in [-0.05, 0) is 18.2 Å². The Labute approximate surface area is 196 Å². The highest BCUT2D eigenvalue weighted by atomic mass is 32.2. The van der Waals surface area contributed by atoms with Crippen LogP contribution in [0.15, 0.2) is 47.4 Å². The Bertz CT molecular complexity index is 1250. The molecule has 2 heterocycles. The molecule has 1 fully saturated rings. The molecule has 3 N–H and O–H groups in total. The number of anilines is 1. The highest BCUT2D eigenvalue weighted by molar-refractivity contribution is 7.92. The number of carbonyl (C=O) groups is 2. The van der Waals surface area contributed by atoms with E-state index in [1.165, 1.54) is 33.0 Å². The largest absolute Gasteiger partial charge is 0.382 e. The topological polar surface area (TPSA) is 165 Å². The number of Topliss-reactive ketones (excluding diaryl/α,β-unsaturated/α-hetero) is 1.